The molecule has 1 N–H and O–H groups in total. The van der Waals surface area contributed by atoms with E-state index in [9.17, 15) is 4.79 Å². The minimum absolute atomic E-state index is 0.0636. The second-order valence-corrected chi connectivity index (χ2v) is 5.07. The average molecular weight is 253 g/mol. The minimum Gasteiger partial charge on any atom is -0.322 e. The van der Waals surface area contributed by atoms with E-state index in [1.165, 1.54) is 11.1 Å². The monoisotopic (exact) mass is 253 g/mol. The van der Waals surface area contributed by atoms with Gasteiger partial charge in [0.1, 0.15) is 0 Å². The molecule has 2 aromatic rings. The van der Waals surface area contributed by atoms with Gasteiger partial charge in [0.15, 0.2) is 0 Å². The van der Waals surface area contributed by atoms with Gasteiger partial charge in [-0.1, -0.05) is 23.8 Å². The summed E-state index contributed by atoms with van der Waals surface area (Å²) in [6.45, 7) is 8.15. The molecule has 0 aliphatic heterocycles. The molecule has 0 radical (unpaired) electrons. The fraction of sp³-hybridized carbons (Fsp3) is 0.235. The minimum atomic E-state index is -0.0636. The van der Waals surface area contributed by atoms with E-state index in [4.69, 9.17) is 0 Å². The summed E-state index contributed by atoms with van der Waals surface area (Å²) >= 11 is 0. The Hall–Kier alpha value is -2.09. The number of rotatable bonds is 2. The van der Waals surface area contributed by atoms with Gasteiger partial charge in [-0.15, -0.1) is 0 Å². The molecule has 2 heteroatoms. The Balaban J connectivity index is 2.24. The van der Waals surface area contributed by atoms with Crippen molar-refractivity contribution in [1.29, 1.82) is 0 Å². The first kappa shape index (κ1) is 13.3. The first-order valence-corrected chi connectivity index (χ1v) is 6.43. The fourth-order valence-corrected chi connectivity index (χ4v) is 1.99. The van der Waals surface area contributed by atoms with Crippen LogP contribution in [0.1, 0.15) is 32.6 Å². The Kier molecular flexibility index (Phi) is 3.70. The summed E-state index contributed by atoms with van der Waals surface area (Å²) in [7, 11) is 0. The molecule has 2 aromatic carbocycles. The van der Waals surface area contributed by atoms with Crippen molar-refractivity contribution in [3.05, 3.63) is 64.2 Å². The highest BCUT2D eigenvalue weighted by molar-refractivity contribution is 6.04. The van der Waals surface area contributed by atoms with Gasteiger partial charge >= 0.3 is 0 Å². The Morgan fingerprint density at radius 3 is 2.05 bits per heavy atom. The van der Waals surface area contributed by atoms with Crippen LogP contribution in [0.25, 0.3) is 0 Å². The molecule has 0 heterocycles. The van der Waals surface area contributed by atoms with E-state index in [1.54, 1.807) is 0 Å². The van der Waals surface area contributed by atoms with E-state index < -0.39 is 0 Å². The second-order valence-electron chi connectivity index (χ2n) is 5.07. The molecule has 0 aromatic heterocycles. The van der Waals surface area contributed by atoms with E-state index >= 15 is 0 Å². The maximum atomic E-state index is 12.2. The van der Waals surface area contributed by atoms with Gasteiger partial charge in [0, 0.05) is 11.3 Å². The van der Waals surface area contributed by atoms with Gasteiger partial charge in [0.2, 0.25) is 0 Å². The van der Waals surface area contributed by atoms with Crippen molar-refractivity contribution in [2.24, 2.45) is 0 Å². The molecule has 98 valence electrons. The first-order valence-electron chi connectivity index (χ1n) is 6.43. The normalized spacial score (nSPS) is 10.3. The molecule has 0 fully saturated rings. The van der Waals surface area contributed by atoms with Crippen LogP contribution in [0.4, 0.5) is 5.69 Å². The van der Waals surface area contributed by atoms with E-state index in [2.05, 4.69) is 25.2 Å². The van der Waals surface area contributed by atoms with Crippen LogP contribution < -0.4 is 5.32 Å². The molecular weight excluding hydrogens is 234 g/mol. The van der Waals surface area contributed by atoms with Gasteiger partial charge in [0.05, 0.1) is 0 Å². The summed E-state index contributed by atoms with van der Waals surface area (Å²) in [6.07, 6.45) is 0. The topological polar surface area (TPSA) is 29.1 Å². The zero-order valence-electron chi connectivity index (χ0n) is 11.9. The van der Waals surface area contributed by atoms with E-state index in [0.717, 1.165) is 16.8 Å². The lowest BCUT2D eigenvalue weighted by Crippen LogP contribution is -2.13. The number of aryl methyl sites for hydroxylation is 4. The van der Waals surface area contributed by atoms with Crippen LogP contribution in [-0.2, 0) is 0 Å². The largest absolute Gasteiger partial charge is 0.322 e. The Bertz CT molecular complexity index is 612. The van der Waals surface area contributed by atoms with Crippen LogP contribution in [0.3, 0.4) is 0 Å². The number of carbonyl (C=O) groups is 1. The lowest BCUT2D eigenvalue weighted by atomic mass is 10.0. The summed E-state index contributed by atoms with van der Waals surface area (Å²) < 4.78 is 0. The van der Waals surface area contributed by atoms with Gasteiger partial charge in [-0.05, 0) is 62.6 Å². The standard InChI is InChI=1S/C17H19NO/c1-11-5-7-15(8-6-11)17(19)18-16-10-13(3)12(2)9-14(16)4/h5-10H,1-4H3,(H,18,19). The van der Waals surface area contributed by atoms with Gasteiger partial charge in [-0.25, -0.2) is 0 Å². The number of hydrogen-bond donors (Lipinski definition) is 1. The summed E-state index contributed by atoms with van der Waals surface area (Å²) in [5.74, 6) is -0.0636. The van der Waals surface area contributed by atoms with Crippen molar-refractivity contribution in [3.63, 3.8) is 0 Å². The summed E-state index contributed by atoms with van der Waals surface area (Å²) in [5, 5.41) is 2.98. The van der Waals surface area contributed by atoms with Crippen molar-refractivity contribution in [2.45, 2.75) is 27.7 Å². The van der Waals surface area contributed by atoms with Crippen LogP contribution in [-0.4, -0.2) is 5.91 Å². The maximum absolute atomic E-state index is 12.2. The third-order valence-corrected chi connectivity index (χ3v) is 3.40. The maximum Gasteiger partial charge on any atom is 0.255 e. The van der Waals surface area contributed by atoms with Crippen molar-refractivity contribution >= 4 is 11.6 Å². The third-order valence-electron chi connectivity index (χ3n) is 3.40. The Morgan fingerprint density at radius 2 is 1.42 bits per heavy atom. The van der Waals surface area contributed by atoms with Gasteiger partial charge < -0.3 is 5.32 Å². The molecule has 0 spiro atoms. The zero-order chi connectivity index (χ0) is 14.0. The smallest absolute Gasteiger partial charge is 0.255 e. The second kappa shape index (κ2) is 5.27. The highest BCUT2D eigenvalue weighted by Crippen LogP contribution is 2.20. The van der Waals surface area contributed by atoms with Gasteiger partial charge in [-0.2, -0.15) is 0 Å². The number of benzene rings is 2. The predicted molar refractivity (Wildman–Crippen MR) is 79.8 cm³/mol. The average Bonchev–Trinajstić information content (AvgIpc) is 2.36. The molecule has 0 aliphatic rings. The highest BCUT2D eigenvalue weighted by atomic mass is 16.1. The number of amides is 1. The number of hydrogen-bond acceptors (Lipinski definition) is 1. The molecule has 19 heavy (non-hydrogen) atoms. The van der Waals surface area contributed by atoms with Crippen molar-refractivity contribution in [2.75, 3.05) is 5.32 Å². The fourth-order valence-electron chi connectivity index (χ4n) is 1.99. The molecule has 0 saturated carbocycles. The Morgan fingerprint density at radius 1 is 0.842 bits per heavy atom. The molecule has 0 aliphatic carbocycles. The molecule has 2 nitrogen and oxygen atoms in total. The number of nitrogens with one attached hydrogen (secondary N) is 1. The summed E-state index contributed by atoms with van der Waals surface area (Å²) in [5.41, 5.74) is 6.23. The molecular formula is C17H19NO. The molecule has 0 saturated heterocycles. The van der Waals surface area contributed by atoms with Crippen LogP contribution in [0.5, 0.6) is 0 Å². The quantitative estimate of drug-likeness (QED) is 0.855. The van der Waals surface area contributed by atoms with Gasteiger partial charge in [-0.3, -0.25) is 4.79 Å². The van der Waals surface area contributed by atoms with Crippen LogP contribution in [0.15, 0.2) is 36.4 Å². The zero-order valence-corrected chi connectivity index (χ0v) is 11.9. The molecule has 0 atom stereocenters. The lowest BCUT2D eigenvalue weighted by Gasteiger charge is -2.11. The molecule has 0 bridgehead atoms. The summed E-state index contributed by atoms with van der Waals surface area (Å²) in [6, 6.07) is 11.7. The number of carbonyl (C=O) groups excluding carboxylic acids is 1. The Labute approximate surface area is 114 Å². The molecule has 0 unspecified atom stereocenters. The third kappa shape index (κ3) is 3.02. The predicted octanol–water partition coefficient (Wildman–Crippen LogP) is 4.17. The SMILES string of the molecule is Cc1ccc(C(=O)Nc2cc(C)c(C)cc2C)cc1. The number of anilines is 1. The molecule has 2 rings (SSSR count). The van der Waals surface area contributed by atoms with Crippen LogP contribution in [0, 0.1) is 27.7 Å². The van der Waals surface area contributed by atoms with Gasteiger partial charge in [0.25, 0.3) is 5.91 Å². The van der Waals surface area contributed by atoms with Crippen molar-refractivity contribution < 1.29 is 4.79 Å². The van der Waals surface area contributed by atoms with E-state index in [-0.39, 0.29) is 5.91 Å². The summed E-state index contributed by atoms with van der Waals surface area (Å²) in [4.78, 5) is 12.2. The van der Waals surface area contributed by atoms with Crippen molar-refractivity contribution in [1.82, 2.24) is 0 Å². The van der Waals surface area contributed by atoms with Crippen molar-refractivity contribution in [3.8, 4) is 0 Å². The van der Waals surface area contributed by atoms with Crippen LogP contribution >= 0.6 is 0 Å². The molecule has 1 amide bonds. The highest BCUT2D eigenvalue weighted by Gasteiger charge is 2.08. The lowest BCUT2D eigenvalue weighted by molar-refractivity contribution is 0.102. The first-order chi connectivity index (χ1) is 8.97. The van der Waals surface area contributed by atoms with E-state index in [0.29, 0.717) is 5.56 Å². The van der Waals surface area contributed by atoms with Crippen LogP contribution in [0.2, 0.25) is 0 Å². The van der Waals surface area contributed by atoms with E-state index in [1.807, 2.05) is 44.2 Å².